The van der Waals surface area contributed by atoms with Crippen LogP contribution in [-0.2, 0) is 10.2 Å². The number of pyridine rings is 1. The van der Waals surface area contributed by atoms with Gasteiger partial charge >= 0.3 is 0 Å². The summed E-state index contributed by atoms with van der Waals surface area (Å²) < 4.78 is 13.6. The number of nitrogens with zero attached hydrogens (tertiary/aromatic N) is 1. The summed E-state index contributed by atoms with van der Waals surface area (Å²) in [5, 5.41) is 3.10. The zero-order chi connectivity index (χ0) is 16.3. The van der Waals surface area contributed by atoms with E-state index in [-0.39, 0.29) is 17.8 Å². The van der Waals surface area contributed by atoms with Crippen LogP contribution in [0, 0.1) is 5.82 Å². The van der Waals surface area contributed by atoms with E-state index in [2.05, 4.69) is 10.3 Å². The molecule has 4 heteroatoms. The number of nitrogens with one attached hydrogen (secondary N) is 1. The first kappa shape index (κ1) is 15.7. The fourth-order valence-corrected chi connectivity index (χ4v) is 3.46. The van der Waals surface area contributed by atoms with Crippen molar-refractivity contribution >= 4 is 5.91 Å². The molecule has 3 rings (SSSR count). The maximum absolute atomic E-state index is 13.6. The number of carbonyl (C=O) groups is 1. The van der Waals surface area contributed by atoms with Crippen molar-refractivity contribution in [3.05, 3.63) is 65.7 Å². The van der Waals surface area contributed by atoms with Crippen molar-refractivity contribution in [1.29, 1.82) is 0 Å². The van der Waals surface area contributed by atoms with Gasteiger partial charge in [0.2, 0.25) is 5.91 Å². The molecule has 1 aliphatic carbocycles. The minimum atomic E-state index is -0.613. The monoisotopic (exact) mass is 312 g/mol. The molecule has 1 aromatic heterocycles. The zero-order valence-corrected chi connectivity index (χ0v) is 13.3. The molecule has 120 valence electrons. The third-order valence-corrected chi connectivity index (χ3v) is 4.80. The summed E-state index contributed by atoms with van der Waals surface area (Å²) in [6.07, 6.45) is 6.98. The topological polar surface area (TPSA) is 42.0 Å². The van der Waals surface area contributed by atoms with Crippen molar-refractivity contribution in [1.82, 2.24) is 10.3 Å². The van der Waals surface area contributed by atoms with Crippen molar-refractivity contribution in [3.8, 4) is 0 Å². The lowest BCUT2D eigenvalue weighted by Crippen LogP contribution is -2.43. The molecular formula is C19H21FN2O. The molecule has 1 N–H and O–H groups in total. The molecular weight excluding hydrogens is 291 g/mol. The van der Waals surface area contributed by atoms with Crippen molar-refractivity contribution in [3.63, 3.8) is 0 Å². The first-order valence-electron chi connectivity index (χ1n) is 8.09. The SMILES string of the molecule is CC(NC(=O)C1(c2cccc(F)c2)CCCC1)c1cccnc1. The fraction of sp³-hybridized carbons (Fsp3) is 0.368. The summed E-state index contributed by atoms with van der Waals surface area (Å²) in [6.45, 7) is 1.95. The van der Waals surface area contributed by atoms with E-state index in [0.29, 0.717) is 0 Å². The molecule has 1 heterocycles. The van der Waals surface area contributed by atoms with E-state index in [0.717, 1.165) is 36.8 Å². The Morgan fingerprint density at radius 2 is 2.04 bits per heavy atom. The predicted molar refractivity (Wildman–Crippen MR) is 87.3 cm³/mol. The maximum atomic E-state index is 13.6. The second kappa shape index (κ2) is 6.49. The van der Waals surface area contributed by atoms with Gasteiger partial charge in [-0.2, -0.15) is 0 Å². The van der Waals surface area contributed by atoms with Gasteiger partial charge < -0.3 is 5.32 Å². The molecule has 2 aromatic rings. The summed E-state index contributed by atoms with van der Waals surface area (Å²) >= 11 is 0. The predicted octanol–water partition coefficient (Wildman–Crippen LogP) is 3.91. The van der Waals surface area contributed by atoms with Crippen molar-refractivity contribution < 1.29 is 9.18 Å². The number of carbonyl (C=O) groups excluding carboxylic acids is 1. The first-order chi connectivity index (χ1) is 11.1. The van der Waals surface area contributed by atoms with E-state index in [1.807, 2.05) is 25.1 Å². The van der Waals surface area contributed by atoms with Crippen LogP contribution < -0.4 is 5.32 Å². The number of amides is 1. The Hall–Kier alpha value is -2.23. The summed E-state index contributed by atoms with van der Waals surface area (Å²) in [7, 11) is 0. The van der Waals surface area contributed by atoms with Crippen LogP contribution in [0.15, 0.2) is 48.8 Å². The number of halogens is 1. The van der Waals surface area contributed by atoms with Crippen LogP contribution in [0.4, 0.5) is 4.39 Å². The van der Waals surface area contributed by atoms with Gasteiger partial charge in [0, 0.05) is 12.4 Å². The van der Waals surface area contributed by atoms with E-state index >= 15 is 0 Å². The van der Waals surface area contributed by atoms with Gasteiger partial charge in [-0.15, -0.1) is 0 Å². The van der Waals surface area contributed by atoms with Gasteiger partial charge in [-0.1, -0.05) is 31.0 Å². The highest BCUT2D eigenvalue weighted by atomic mass is 19.1. The van der Waals surface area contributed by atoms with E-state index in [1.54, 1.807) is 18.5 Å². The van der Waals surface area contributed by atoms with Crippen molar-refractivity contribution in [2.45, 2.75) is 44.1 Å². The number of aromatic nitrogens is 1. The van der Waals surface area contributed by atoms with Gasteiger partial charge in [0.25, 0.3) is 0 Å². The Labute approximate surface area is 135 Å². The van der Waals surface area contributed by atoms with Crippen LogP contribution >= 0.6 is 0 Å². The van der Waals surface area contributed by atoms with Gasteiger partial charge in [-0.05, 0) is 49.1 Å². The molecule has 0 aliphatic heterocycles. The van der Waals surface area contributed by atoms with Gasteiger partial charge in [0.15, 0.2) is 0 Å². The van der Waals surface area contributed by atoms with Crippen molar-refractivity contribution in [2.75, 3.05) is 0 Å². The third-order valence-electron chi connectivity index (χ3n) is 4.80. The first-order valence-corrected chi connectivity index (χ1v) is 8.09. The molecule has 1 saturated carbocycles. The quantitative estimate of drug-likeness (QED) is 0.930. The minimum Gasteiger partial charge on any atom is -0.349 e. The highest BCUT2D eigenvalue weighted by Crippen LogP contribution is 2.42. The molecule has 1 fully saturated rings. The maximum Gasteiger partial charge on any atom is 0.231 e. The molecule has 0 spiro atoms. The van der Waals surface area contributed by atoms with Gasteiger partial charge in [0.1, 0.15) is 5.82 Å². The summed E-state index contributed by atoms with van der Waals surface area (Å²) in [6, 6.07) is 10.1. The van der Waals surface area contributed by atoms with Gasteiger partial charge in [-0.25, -0.2) is 4.39 Å². The Bertz CT molecular complexity index is 681. The molecule has 0 radical (unpaired) electrons. The van der Waals surface area contributed by atoms with E-state index in [4.69, 9.17) is 0 Å². The summed E-state index contributed by atoms with van der Waals surface area (Å²) in [5.41, 5.74) is 1.14. The Morgan fingerprint density at radius 3 is 2.70 bits per heavy atom. The molecule has 0 bridgehead atoms. The second-order valence-corrected chi connectivity index (χ2v) is 6.28. The highest BCUT2D eigenvalue weighted by molar-refractivity contribution is 5.88. The lowest BCUT2D eigenvalue weighted by atomic mass is 9.77. The molecule has 1 atom stereocenters. The van der Waals surface area contributed by atoms with Crippen LogP contribution in [0.2, 0.25) is 0 Å². The molecule has 1 unspecified atom stereocenters. The molecule has 0 saturated heterocycles. The van der Waals surface area contributed by atoms with Gasteiger partial charge in [0.05, 0.1) is 11.5 Å². The Kier molecular flexibility index (Phi) is 4.42. The fourth-order valence-electron chi connectivity index (χ4n) is 3.46. The van der Waals surface area contributed by atoms with Crippen LogP contribution in [0.1, 0.15) is 49.8 Å². The zero-order valence-electron chi connectivity index (χ0n) is 13.3. The lowest BCUT2D eigenvalue weighted by Gasteiger charge is -2.30. The van der Waals surface area contributed by atoms with E-state index in [1.165, 1.54) is 12.1 Å². The third kappa shape index (κ3) is 3.11. The molecule has 23 heavy (non-hydrogen) atoms. The average Bonchev–Trinajstić information content (AvgIpc) is 3.06. The van der Waals surface area contributed by atoms with Crippen LogP contribution in [-0.4, -0.2) is 10.9 Å². The lowest BCUT2D eigenvalue weighted by molar-refractivity contribution is -0.127. The average molecular weight is 312 g/mol. The number of hydrogen-bond donors (Lipinski definition) is 1. The van der Waals surface area contributed by atoms with Crippen LogP contribution in [0.3, 0.4) is 0 Å². The standard InChI is InChI=1S/C19H21FN2O/c1-14(15-6-5-11-21-13-15)22-18(23)19(9-2-3-10-19)16-7-4-8-17(20)12-16/h4-8,11-14H,2-3,9-10H2,1H3,(H,22,23). The molecule has 1 aliphatic rings. The van der Waals surface area contributed by atoms with E-state index < -0.39 is 5.41 Å². The number of rotatable bonds is 4. The van der Waals surface area contributed by atoms with Crippen LogP contribution in [0.5, 0.6) is 0 Å². The van der Waals surface area contributed by atoms with Crippen molar-refractivity contribution in [2.24, 2.45) is 0 Å². The second-order valence-electron chi connectivity index (χ2n) is 6.28. The van der Waals surface area contributed by atoms with Gasteiger partial charge in [-0.3, -0.25) is 9.78 Å². The smallest absolute Gasteiger partial charge is 0.231 e. The Morgan fingerprint density at radius 1 is 1.26 bits per heavy atom. The molecule has 1 amide bonds. The van der Waals surface area contributed by atoms with Crippen LogP contribution in [0.25, 0.3) is 0 Å². The number of hydrogen-bond acceptors (Lipinski definition) is 2. The Balaban J connectivity index is 1.85. The summed E-state index contributed by atoms with van der Waals surface area (Å²) in [4.78, 5) is 17.1. The number of benzene rings is 1. The highest BCUT2D eigenvalue weighted by Gasteiger charge is 2.43. The normalized spacial score (nSPS) is 17.7. The molecule has 3 nitrogen and oxygen atoms in total. The minimum absolute atomic E-state index is 0.0167. The van der Waals surface area contributed by atoms with E-state index in [9.17, 15) is 9.18 Å². The summed E-state index contributed by atoms with van der Waals surface area (Å²) in [5.74, 6) is -0.307. The largest absolute Gasteiger partial charge is 0.349 e. The molecule has 1 aromatic carbocycles.